The summed E-state index contributed by atoms with van der Waals surface area (Å²) in [7, 11) is 0. The number of pyridine rings is 1. The molecule has 5 rings (SSSR count). The van der Waals surface area contributed by atoms with Crippen LogP contribution >= 0.6 is 0 Å². The van der Waals surface area contributed by atoms with Gasteiger partial charge in [0.25, 0.3) is 5.91 Å². The number of benzene rings is 2. The zero-order valence-electron chi connectivity index (χ0n) is 26.3. The van der Waals surface area contributed by atoms with E-state index >= 15 is 0 Å². The number of amides is 2. The molecular weight excluding hydrogens is 611 g/mol. The van der Waals surface area contributed by atoms with Gasteiger partial charge in [-0.15, -0.1) is 0 Å². The lowest BCUT2D eigenvalue weighted by atomic mass is 9.82. The number of hydrogen-bond donors (Lipinski definition) is 6. The van der Waals surface area contributed by atoms with Crippen LogP contribution in [0.25, 0.3) is 22.2 Å². The first-order chi connectivity index (χ1) is 22.4. The summed E-state index contributed by atoms with van der Waals surface area (Å²) in [5, 5.41) is 8.42. The fraction of sp³-hybridized carbons (Fsp3) is 0.412. The average Bonchev–Trinajstić information content (AvgIpc) is 3.42. The molecule has 250 valence electrons. The number of imidazole rings is 1. The first-order valence-corrected chi connectivity index (χ1v) is 15.8. The van der Waals surface area contributed by atoms with Crippen molar-refractivity contribution in [2.75, 3.05) is 18.4 Å². The molecule has 4 aromatic rings. The molecular formula is C34H40F3N7O3. The van der Waals surface area contributed by atoms with E-state index in [9.17, 15) is 27.6 Å². The maximum absolute atomic E-state index is 13.6. The van der Waals surface area contributed by atoms with Gasteiger partial charge in [0, 0.05) is 16.9 Å². The van der Waals surface area contributed by atoms with Crippen LogP contribution in [-0.2, 0) is 11.2 Å². The standard InChI is InChI=1S/C34H40F3N7O3/c1-19-26(12-14-28(40-19)31(45)41-20(2)34(35,36)37)24-9-7-21(8-10-24)15-30(39-18-23-5-3-22(17-38)4-6-23)32(46)42-25-11-13-27-29(16-25)44-33(47)43-27/h7-14,16,20,22-23,30,39H,3-6,15,17-18,38H2,1-2H3,(H,41,45)(H,42,46)(H2,43,44,47). The molecule has 1 saturated carbocycles. The van der Waals surface area contributed by atoms with Gasteiger partial charge in [-0.3, -0.25) is 9.59 Å². The minimum Gasteiger partial charge on any atom is -0.339 e. The molecule has 1 aliphatic rings. The summed E-state index contributed by atoms with van der Waals surface area (Å²) >= 11 is 0. The van der Waals surface area contributed by atoms with E-state index in [1.165, 1.54) is 6.07 Å². The third-order valence-electron chi connectivity index (χ3n) is 8.91. The number of anilines is 1. The van der Waals surface area contributed by atoms with Gasteiger partial charge in [0.2, 0.25) is 5.91 Å². The van der Waals surface area contributed by atoms with E-state index in [1.54, 1.807) is 31.2 Å². The number of nitrogens with zero attached hydrogens (tertiary/aromatic N) is 1. The Balaban J connectivity index is 1.28. The van der Waals surface area contributed by atoms with E-state index in [0.717, 1.165) is 49.3 Å². The lowest BCUT2D eigenvalue weighted by molar-refractivity contribution is -0.149. The predicted octanol–water partition coefficient (Wildman–Crippen LogP) is 4.81. The summed E-state index contributed by atoms with van der Waals surface area (Å²) in [4.78, 5) is 47.3. The molecule has 2 heterocycles. The summed E-state index contributed by atoms with van der Waals surface area (Å²) < 4.78 is 38.6. The second kappa shape index (κ2) is 14.5. The SMILES string of the molecule is Cc1nc(C(=O)NC(C)C(F)(F)F)ccc1-c1ccc(CC(NCC2CCC(CN)CC2)C(=O)Nc2ccc3[nH]c(=O)[nH]c3c2)cc1. The molecule has 47 heavy (non-hydrogen) atoms. The fourth-order valence-electron chi connectivity index (χ4n) is 5.98. The molecule has 10 nitrogen and oxygen atoms in total. The second-order valence-corrected chi connectivity index (χ2v) is 12.4. The monoisotopic (exact) mass is 651 g/mol. The summed E-state index contributed by atoms with van der Waals surface area (Å²) in [6.07, 6.45) is 0.158. The highest BCUT2D eigenvalue weighted by molar-refractivity contribution is 5.96. The summed E-state index contributed by atoms with van der Waals surface area (Å²) in [6, 6.07) is 13.4. The number of rotatable bonds is 11. The van der Waals surface area contributed by atoms with Crippen molar-refractivity contribution >= 4 is 28.5 Å². The van der Waals surface area contributed by atoms with Crippen LogP contribution < -0.4 is 27.4 Å². The van der Waals surface area contributed by atoms with Gasteiger partial charge in [-0.25, -0.2) is 9.78 Å². The third kappa shape index (κ3) is 8.66. The van der Waals surface area contributed by atoms with Gasteiger partial charge in [0.1, 0.15) is 11.7 Å². The van der Waals surface area contributed by atoms with Crippen LogP contribution in [0.5, 0.6) is 0 Å². The van der Waals surface area contributed by atoms with Gasteiger partial charge in [0.15, 0.2) is 0 Å². The molecule has 2 aromatic carbocycles. The molecule has 0 spiro atoms. The number of halogens is 3. The molecule has 0 aliphatic heterocycles. The number of fused-ring (bicyclic) bond motifs is 1. The average molecular weight is 652 g/mol. The van der Waals surface area contributed by atoms with Crippen LogP contribution in [0.3, 0.4) is 0 Å². The van der Waals surface area contributed by atoms with Crippen LogP contribution in [-0.4, -0.2) is 58.1 Å². The molecule has 2 amide bonds. The quantitative estimate of drug-likeness (QED) is 0.137. The normalized spacial score (nSPS) is 18.1. The number of alkyl halides is 3. The number of aromatic nitrogens is 3. The first-order valence-electron chi connectivity index (χ1n) is 15.8. The molecule has 1 fully saturated rings. The fourth-order valence-corrected chi connectivity index (χ4v) is 5.98. The van der Waals surface area contributed by atoms with Crippen molar-refractivity contribution in [3.8, 4) is 11.1 Å². The van der Waals surface area contributed by atoms with E-state index in [1.807, 2.05) is 29.6 Å². The van der Waals surface area contributed by atoms with Gasteiger partial charge in [-0.05, 0) is 106 Å². The molecule has 0 saturated heterocycles. The molecule has 2 unspecified atom stereocenters. The Bertz CT molecular complexity index is 1760. The number of carbonyl (C=O) groups excluding carboxylic acids is 2. The van der Waals surface area contributed by atoms with E-state index in [-0.39, 0.29) is 17.3 Å². The lowest BCUT2D eigenvalue weighted by Gasteiger charge is -2.29. The number of hydrogen-bond acceptors (Lipinski definition) is 6. The molecule has 1 aliphatic carbocycles. The van der Waals surface area contributed by atoms with Crippen molar-refractivity contribution in [3.05, 3.63) is 82.0 Å². The van der Waals surface area contributed by atoms with E-state index < -0.39 is 24.2 Å². The maximum Gasteiger partial charge on any atom is 0.408 e. The zero-order chi connectivity index (χ0) is 33.7. The molecule has 13 heteroatoms. The Morgan fingerprint density at radius 1 is 0.979 bits per heavy atom. The molecule has 0 radical (unpaired) electrons. The largest absolute Gasteiger partial charge is 0.408 e. The first kappa shape index (κ1) is 33.9. The number of nitrogens with two attached hydrogens (primary N) is 1. The summed E-state index contributed by atoms with van der Waals surface area (Å²) in [5.74, 6) is -0.0843. The number of carbonyl (C=O) groups is 2. The molecule has 0 bridgehead atoms. The Kier molecular flexibility index (Phi) is 10.5. The predicted molar refractivity (Wildman–Crippen MR) is 175 cm³/mol. The van der Waals surface area contributed by atoms with E-state index in [0.29, 0.717) is 53.8 Å². The maximum atomic E-state index is 13.6. The lowest BCUT2D eigenvalue weighted by Crippen LogP contribution is -2.44. The van der Waals surface area contributed by atoms with Crippen molar-refractivity contribution in [3.63, 3.8) is 0 Å². The van der Waals surface area contributed by atoms with Crippen LogP contribution in [0.1, 0.15) is 54.4 Å². The summed E-state index contributed by atoms with van der Waals surface area (Å²) in [6.45, 7) is 3.97. The van der Waals surface area contributed by atoms with Gasteiger partial charge < -0.3 is 31.7 Å². The zero-order valence-corrected chi connectivity index (χ0v) is 26.3. The highest BCUT2D eigenvalue weighted by Gasteiger charge is 2.37. The van der Waals surface area contributed by atoms with Crippen molar-refractivity contribution in [2.45, 2.75) is 64.2 Å². The highest BCUT2D eigenvalue weighted by atomic mass is 19.4. The Morgan fingerprint density at radius 3 is 2.32 bits per heavy atom. The van der Waals surface area contributed by atoms with Gasteiger partial charge >= 0.3 is 11.9 Å². The Labute approximate surface area is 270 Å². The number of aromatic amines is 2. The second-order valence-electron chi connectivity index (χ2n) is 12.4. The van der Waals surface area contributed by atoms with Crippen LogP contribution in [0, 0.1) is 18.8 Å². The van der Waals surface area contributed by atoms with Crippen LogP contribution in [0.15, 0.2) is 59.4 Å². The van der Waals surface area contributed by atoms with Gasteiger partial charge in [-0.1, -0.05) is 30.3 Å². The van der Waals surface area contributed by atoms with E-state index in [2.05, 4.69) is 25.6 Å². The molecule has 2 atom stereocenters. The third-order valence-corrected chi connectivity index (χ3v) is 8.91. The molecule has 7 N–H and O–H groups in total. The topological polar surface area (TPSA) is 158 Å². The minimum absolute atomic E-state index is 0.0996. The smallest absolute Gasteiger partial charge is 0.339 e. The Hall–Kier alpha value is -4.49. The summed E-state index contributed by atoms with van der Waals surface area (Å²) in [5.41, 5.74) is 10.2. The van der Waals surface area contributed by atoms with Crippen LogP contribution in [0.2, 0.25) is 0 Å². The molecule has 2 aromatic heterocycles. The van der Waals surface area contributed by atoms with Crippen LogP contribution in [0.4, 0.5) is 18.9 Å². The van der Waals surface area contributed by atoms with Crippen molar-refractivity contribution in [2.24, 2.45) is 17.6 Å². The number of nitrogens with one attached hydrogen (secondary N) is 5. The minimum atomic E-state index is -4.55. The van der Waals surface area contributed by atoms with Crippen molar-refractivity contribution in [1.82, 2.24) is 25.6 Å². The Morgan fingerprint density at radius 2 is 1.66 bits per heavy atom. The number of aryl methyl sites for hydroxylation is 1. The van der Waals surface area contributed by atoms with Crippen molar-refractivity contribution < 1.29 is 22.8 Å². The van der Waals surface area contributed by atoms with Gasteiger partial charge in [-0.2, -0.15) is 13.2 Å². The highest BCUT2D eigenvalue weighted by Crippen LogP contribution is 2.28. The van der Waals surface area contributed by atoms with Crippen molar-refractivity contribution in [1.29, 1.82) is 0 Å². The van der Waals surface area contributed by atoms with Gasteiger partial charge in [0.05, 0.1) is 17.1 Å². The van der Waals surface area contributed by atoms with E-state index in [4.69, 9.17) is 5.73 Å². The number of H-pyrrole nitrogens is 2.